The van der Waals surface area contributed by atoms with Gasteiger partial charge in [-0.25, -0.2) is 0 Å². The summed E-state index contributed by atoms with van der Waals surface area (Å²) in [5.41, 5.74) is 0.835. The molecule has 3 rings (SSSR count). The predicted molar refractivity (Wildman–Crippen MR) is 51.0 cm³/mol. The average molecular weight is 189 g/mol. The lowest BCUT2D eigenvalue weighted by Crippen LogP contribution is -2.34. The van der Waals surface area contributed by atoms with Gasteiger partial charge >= 0.3 is 0 Å². The maximum atomic E-state index is 11.7. The van der Waals surface area contributed by atoms with Gasteiger partial charge in [0, 0.05) is 12.1 Å². The highest BCUT2D eigenvalue weighted by Gasteiger charge is 2.62. The number of amides is 1. The van der Waals surface area contributed by atoms with Gasteiger partial charge in [0.15, 0.2) is 0 Å². The van der Waals surface area contributed by atoms with Gasteiger partial charge in [0.25, 0.3) is 0 Å². The van der Waals surface area contributed by atoms with Crippen LogP contribution in [0.4, 0.5) is 0 Å². The standard InChI is InChI=1S/C11H11NO2/c1-14-9-4-7-2-3-12-10(13)11(7)6-8(11)5-9/h2-5,8H,6H2,1H3,(H,12,13). The van der Waals surface area contributed by atoms with Crippen molar-refractivity contribution in [1.82, 2.24) is 5.32 Å². The van der Waals surface area contributed by atoms with Crippen LogP contribution in [0.2, 0.25) is 0 Å². The third-order valence-electron chi connectivity index (χ3n) is 3.31. The van der Waals surface area contributed by atoms with E-state index in [2.05, 4.69) is 5.32 Å². The van der Waals surface area contributed by atoms with Crippen molar-refractivity contribution in [2.45, 2.75) is 6.42 Å². The van der Waals surface area contributed by atoms with Gasteiger partial charge in [-0.05, 0) is 30.2 Å². The Kier molecular flexibility index (Phi) is 1.29. The first-order valence-corrected chi connectivity index (χ1v) is 4.73. The van der Waals surface area contributed by atoms with Crippen molar-refractivity contribution in [2.75, 3.05) is 7.11 Å². The highest BCUT2D eigenvalue weighted by molar-refractivity contribution is 5.93. The monoisotopic (exact) mass is 189 g/mol. The number of hydrogen-bond donors (Lipinski definition) is 1. The van der Waals surface area contributed by atoms with Gasteiger partial charge in [-0.3, -0.25) is 4.79 Å². The second-order valence-corrected chi connectivity index (χ2v) is 3.96. The Morgan fingerprint density at radius 2 is 2.50 bits per heavy atom. The van der Waals surface area contributed by atoms with Crippen molar-refractivity contribution in [3.63, 3.8) is 0 Å². The van der Waals surface area contributed by atoms with E-state index < -0.39 is 0 Å². The number of carbonyl (C=O) groups excluding carboxylic acids is 1. The summed E-state index contributed by atoms with van der Waals surface area (Å²) in [5.74, 6) is 1.34. The van der Waals surface area contributed by atoms with Crippen LogP contribution >= 0.6 is 0 Å². The molecule has 0 aromatic heterocycles. The predicted octanol–water partition coefficient (Wildman–Crippen LogP) is 1.11. The summed E-state index contributed by atoms with van der Waals surface area (Å²) in [6, 6.07) is 0. The van der Waals surface area contributed by atoms with E-state index in [1.807, 2.05) is 18.2 Å². The molecule has 2 unspecified atom stereocenters. The Labute approximate surface area is 82.1 Å². The molecule has 1 heterocycles. The zero-order chi connectivity index (χ0) is 9.76. The molecular weight excluding hydrogens is 178 g/mol. The van der Waals surface area contributed by atoms with E-state index in [1.54, 1.807) is 13.3 Å². The maximum absolute atomic E-state index is 11.7. The molecule has 0 aromatic rings. The van der Waals surface area contributed by atoms with Gasteiger partial charge in [-0.1, -0.05) is 0 Å². The minimum atomic E-state index is -0.253. The Bertz CT molecular complexity index is 406. The first kappa shape index (κ1) is 7.85. The lowest BCUT2D eigenvalue weighted by Gasteiger charge is -2.23. The largest absolute Gasteiger partial charge is 0.497 e. The fourth-order valence-corrected chi connectivity index (χ4v) is 2.40. The van der Waals surface area contributed by atoms with Gasteiger partial charge in [0.2, 0.25) is 5.91 Å². The van der Waals surface area contributed by atoms with Crippen LogP contribution in [0.3, 0.4) is 0 Å². The van der Waals surface area contributed by atoms with Crippen molar-refractivity contribution < 1.29 is 9.53 Å². The number of methoxy groups -OCH3 is 1. The zero-order valence-corrected chi connectivity index (χ0v) is 7.91. The Morgan fingerprint density at radius 3 is 3.29 bits per heavy atom. The highest BCUT2D eigenvalue weighted by atomic mass is 16.5. The van der Waals surface area contributed by atoms with Crippen LogP contribution in [-0.2, 0) is 9.53 Å². The number of hydrogen-bond acceptors (Lipinski definition) is 2. The molecule has 1 N–H and O–H groups in total. The van der Waals surface area contributed by atoms with E-state index in [0.717, 1.165) is 17.8 Å². The fourth-order valence-electron chi connectivity index (χ4n) is 2.40. The topological polar surface area (TPSA) is 38.3 Å². The Morgan fingerprint density at radius 1 is 1.64 bits per heavy atom. The van der Waals surface area contributed by atoms with Gasteiger partial charge in [-0.15, -0.1) is 0 Å². The number of carbonyl (C=O) groups is 1. The summed E-state index contributed by atoms with van der Waals surface area (Å²) in [6.07, 6.45) is 8.59. The molecule has 2 aliphatic carbocycles. The number of ether oxygens (including phenoxy) is 1. The molecule has 0 radical (unpaired) electrons. The van der Waals surface area contributed by atoms with Crippen LogP contribution in [0.5, 0.6) is 0 Å². The second kappa shape index (κ2) is 2.29. The molecule has 1 amide bonds. The smallest absolute Gasteiger partial charge is 0.235 e. The number of nitrogens with one attached hydrogen (secondary N) is 1. The molecule has 3 aliphatic rings. The highest BCUT2D eigenvalue weighted by Crippen LogP contribution is 2.62. The minimum Gasteiger partial charge on any atom is -0.497 e. The maximum Gasteiger partial charge on any atom is 0.235 e. The van der Waals surface area contributed by atoms with E-state index in [1.165, 1.54) is 0 Å². The van der Waals surface area contributed by atoms with E-state index in [-0.39, 0.29) is 11.3 Å². The lowest BCUT2D eigenvalue weighted by atomic mass is 9.86. The van der Waals surface area contributed by atoms with Crippen LogP contribution < -0.4 is 5.32 Å². The first-order chi connectivity index (χ1) is 6.77. The summed E-state index contributed by atoms with van der Waals surface area (Å²) in [7, 11) is 1.66. The van der Waals surface area contributed by atoms with Crippen molar-refractivity contribution in [3.8, 4) is 0 Å². The van der Waals surface area contributed by atoms with Crippen molar-refractivity contribution in [1.29, 1.82) is 0 Å². The van der Waals surface area contributed by atoms with Gasteiger partial charge in [0.05, 0.1) is 12.5 Å². The molecule has 72 valence electrons. The molecule has 0 bridgehead atoms. The molecule has 14 heavy (non-hydrogen) atoms. The summed E-state index contributed by atoms with van der Waals surface area (Å²) >= 11 is 0. The molecule has 2 atom stereocenters. The van der Waals surface area contributed by atoms with Gasteiger partial charge < -0.3 is 10.1 Å². The van der Waals surface area contributed by atoms with Crippen molar-refractivity contribution >= 4 is 5.91 Å². The number of rotatable bonds is 1. The number of allylic oxidation sites excluding steroid dienone is 3. The average Bonchev–Trinajstić information content (AvgIpc) is 2.91. The summed E-state index contributed by atoms with van der Waals surface area (Å²) < 4.78 is 5.19. The summed E-state index contributed by atoms with van der Waals surface area (Å²) in [4.78, 5) is 11.7. The first-order valence-electron chi connectivity index (χ1n) is 4.73. The summed E-state index contributed by atoms with van der Waals surface area (Å²) in [6.45, 7) is 0. The molecule has 1 aliphatic heterocycles. The second-order valence-electron chi connectivity index (χ2n) is 3.96. The van der Waals surface area contributed by atoms with E-state index in [4.69, 9.17) is 4.74 Å². The van der Waals surface area contributed by atoms with Crippen molar-refractivity contribution in [3.05, 3.63) is 35.8 Å². The van der Waals surface area contributed by atoms with Crippen LogP contribution in [0.25, 0.3) is 0 Å². The van der Waals surface area contributed by atoms with Crippen LogP contribution in [-0.4, -0.2) is 13.0 Å². The molecule has 1 fully saturated rings. The fraction of sp³-hybridized carbons (Fsp3) is 0.364. The lowest BCUT2D eigenvalue weighted by molar-refractivity contribution is -0.124. The van der Waals surface area contributed by atoms with E-state index >= 15 is 0 Å². The van der Waals surface area contributed by atoms with Crippen LogP contribution in [0.15, 0.2) is 35.8 Å². The molecule has 0 saturated heterocycles. The van der Waals surface area contributed by atoms with Crippen LogP contribution in [0, 0.1) is 11.3 Å². The SMILES string of the molecule is COC1=CC2CC23C(=O)NC=CC3=C1. The molecule has 1 spiro atoms. The molecular formula is C11H11NO2. The minimum absolute atomic E-state index is 0.127. The quantitative estimate of drug-likeness (QED) is 0.671. The Balaban J connectivity index is 2.09. The van der Waals surface area contributed by atoms with Crippen LogP contribution in [0.1, 0.15) is 6.42 Å². The van der Waals surface area contributed by atoms with E-state index in [0.29, 0.717) is 5.92 Å². The van der Waals surface area contributed by atoms with Gasteiger partial charge in [-0.2, -0.15) is 0 Å². The third kappa shape index (κ3) is 0.750. The Hall–Kier alpha value is -1.51. The van der Waals surface area contributed by atoms with Crippen molar-refractivity contribution in [2.24, 2.45) is 11.3 Å². The van der Waals surface area contributed by atoms with Gasteiger partial charge in [0.1, 0.15) is 5.76 Å². The summed E-state index contributed by atoms with van der Waals surface area (Å²) in [5, 5.41) is 2.77. The molecule has 0 aromatic carbocycles. The molecule has 1 saturated carbocycles. The zero-order valence-electron chi connectivity index (χ0n) is 7.91. The van der Waals surface area contributed by atoms with E-state index in [9.17, 15) is 4.79 Å². The molecule has 3 nitrogen and oxygen atoms in total. The third-order valence-corrected chi connectivity index (χ3v) is 3.31. The molecule has 3 heteroatoms. The normalized spacial score (nSPS) is 37.5.